The summed E-state index contributed by atoms with van der Waals surface area (Å²) in [6.07, 6.45) is 7.90. The molecule has 15 heavy (non-hydrogen) atoms. The van der Waals surface area contributed by atoms with Crippen LogP contribution in [-0.2, 0) is 4.74 Å². The standard InChI is InChI=1S/C12H24N2O/c13-11-6-9-15-10-12(11)14-7-4-2-1-3-5-8-14/h11-12H,1-10,13H2. The monoisotopic (exact) mass is 212 g/mol. The number of hydrogen-bond acceptors (Lipinski definition) is 3. The first-order valence-electron chi connectivity index (χ1n) is 6.45. The molecule has 0 spiro atoms. The predicted molar refractivity (Wildman–Crippen MR) is 61.9 cm³/mol. The van der Waals surface area contributed by atoms with Gasteiger partial charge in [-0.2, -0.15) is 0 Å². The molecule has 3 nitrogen and oxygen atoms in total. The first kappa shape index (κ1) is 11.4. The quantitative estimate of drug-likeness (QED) is 0.713. The molecule has 2 fully saturated rings. The van der Waals surface area contributed by atoms with Crippen molar-refractivity contribution in [2.45, 2.75) is 50.6 Å². The second kappa shape index (κ2) is 5.83. The molecule has 2 atom stereocenters. The van der Waals surface area contributed by atoms with E-state index in [1.54, 1.807) is 0 Å². The van der Waals surface area contributed by atoms with E-state index in [-0.39, 0.29) is 0 Å². The van der Waals surface area contributed by atoms with Crippen LogP contribution < -0.4 is 5.73 Å². The molecule has 0 amide bonds. The highest BCUT2D eigenvalue weighted by atomic mass is 16.5. The van der Waals surface area contributed by atoms with Gasteiger partial charge in [-0.1, -0.05) is 19.3 Å². The van der Waals surface area contributed by atoms with Crippen LogP contribution in [0.4, 0.5) is 0 Å². The van der Waals surface area contributed by atoms with Gasteiger partial charge in [0.05, 0.1) is 6.61 Å². The fraction of sp³-hybridized carbons (Fsp3) is 1.00. The van der Waals surface area contributed by atoms with Crippen LogP contribution in [0.1, 0.15) is 38.5 Å². The van der Waals surface area contributed by atoms with E-state index in [1.807, 2.05) is 0 Å². The summed E-state index contributed by atoms with van der Waals surface area (Å²) < 4.78 is 5.56. The molecule has 88 valence electrons. The van der Waals surface area contributed by atoms with Gasteiger partial charge in [0.1, 0.15) is 0 Å². The van der Waals surface area contributed by atoms with Gasteiger partial charge in [-0.25, -0.2) is 0 Å². The predicted octanol–water partition coefficient (Wildman–Crippen LogP) is 1.37. The number of ether oxygens (including phenoxy) is 1. The summed E-state index contributed by atoms with van der Waals surface area (Å²) in [4.78, 5) is 2.57. The molecule has 2 heterocycles. The number of likely N-dealkylation sites (tertiary alicyclic amines) is 1. The first-order valence-corrected chi connectivity index (χ1v) is 6.45. The number of hydrogen-bond donors (Lipinski definition) is 1. The molecular weight excluding hydrogens is 188 g/mol. The maximum absolute atomic E-state index is 6.18. The molecular formula is C12H24N2O. The van der Waals surface area contributed by atoms with Crippen LogP contribution in [0.25, 0.3) is 0 Å². The summed E-state index contributed by atoms with van der Waals surface area (Å²) in [5.41, 5.74) is 6.18. The Labute approximate surface area is 93.0 Å². The molecule has 2 N–H and O–H groups in total. The third-order valence-electron chi connectivity index (χ3n) is 3.74. The van der Waals surface area contributed by atoms with Crippen LogP contribution in [0.2, 0.25) is 0 Å². The Hall–Kier alpha value is -0.120. The Morgan fingerprint density at radius 3 is 2.33 bits per heavy atom. The summed E-state index contributed by atoms with van der Waals surface area (Å²) in [5.74, 6) is 0. The molecule has 0 aromatic carbocycles. The van der Waals surface area contributed by atoms with Crippen LogP contribution in [-0.4, -0.2) is 43.3 Å². The molecule has 2 saturated heterocycles. The summed E-state index contributed by atoms with van der Waals surface area (Å²) in [5, 5.41) is 0. The molecule has 0 aliphatic carbocycles. The lowest BCUT2D eigenvalue weighted by atomic mass is 10.00. The van der Waals surface area contributed by atoms with Gasteiger partial charge in [-0.3, -0.25) is 4.90 Å². The Morgan fingerprint density at radius 1 is 1.00 bits per heavy atom. The van der Waals surface area contributed by atoms with Crippen LogP contribution in [0.15, 0.2) is 0 Å². The van der Waals surface area contributed by atoms with Crippen molar-refractivity contribution in [3.05, 3.63) is 0 Å². The summed E-state index contributed by atoms with van der Waals surface area (Å²) >= 11 is 0. The van der Waals surface area contributed by atoms with Gasteiger partial charge in [0, 0.05) is 18.7 Å². The second-order valence-corrected chi connectivity index (χ2v) is 4.90. The maximum atomic E-state index is 6.18. The van der Waals surface area contributed by atoms with Crippen molar-refractivity contribution >= 4 is 0 Å². The van der Waals surface area contributed by atoms with Gasteiger partial charge < -0.3 is 10.5 Å². The van der Waals surface area contributed by atoms with Crippen molar-refractivity contribution in [2.24, 2.45) is 5.73 Å². The first-order chi connectivity index (χ1) is 7.38. The molecule has 3 heteroatoms. The van der Waals surface area contributed by atoms with Gasteiger partial charge in [0.25, 0.3) is 0 Å². The summed E-state index contributed by atoms with van der Waals surface area (Å²) in [6.45, 7) is 4.15. The minimum atomic E-state index is 0.332. The molecule has 2 unspecified atom stereocenters. The largest absolute Gasteiger partial charge is 0.380 e. The molecule has 0 radical (unpaired) electrons. The van der Waals surface area contributed by atoms with E-state index in [9.17, 15) is 0 Å². The summed E-state index contributed by atoms with van der Waals surface area (Å²) in [6, 6.07) is 0.815. The van der Waals surface area contributed by atoms with Crippen molar-refractivity contribution in [1.29, 1.82) is 0 Å². The van der Waals surface area contributed by atoms with Crippen molar-refractivity contribution in [2.75, 3.05) is 26.3 Å². The lowest BCUT2D eigenvalue weighted by molar-refractivity contribution is 0.00317. The van der Waals surface area contributed by atoms with Gasteiger partial charge in [0.15, 0.2) is 0 Å². The van der Waals surface area contributed by atoms with Gasteiger partial charge in [-0.05, 0) is 32.4 Å². The third kappa shape index (κ3) is 3.16. The van der Waals surface area contributed by atoms with E-state index in [1.165, 1.54) is 45.2 Å². The van der Waals surface area contributed by atoms with Crippen LogP contribution in [0.5, 0.6) is 0 Å². The van der Waals surface area contributed by atoms with E-state index in [0.29, 0.717) is 12.1 Å². The van der Waals surface area contributed by atoms with E-state index >= 15 is 0 Å². The van der Waals surface area contributed by atoms with Gasteiger partial charge in [-0.15, -0.1) is 0 Å². The molecule has 0 aromatic heterocycles. The zero-order chi connectivity index (χ0) is 10.5. The minimum Gasteiger partial charge on any atom is -0.380 e. The van der Waals surface area contributed by atoms with Crippen molar-refractivity contribution < 1.29 is 4.74 Å². The highest BCUT2D eigenvalue weighted by Gasteiger charge is 2.27. The fourth-order valence-electron chi connectivity index (χ4n) is 2.72. The van der Waals surface area contributed by atoms with Crippen molar-refractivity contribution in [1.82, 2.24) is 4.90 Å². The van der Waals surface area contributed by atoms with E-state index < -0.39 is 0 Å². The van der Waals surface area contributed by atoms with Gasteiger partial charge >= 0.3 is 0 Å². The van der Waals surface area contributed by atoms with Crippen molar-refractivity contribution in [3.8, 4) is 0 Å². The van der Waals surface area contributed by atoms with Crippen LogP contribution >= 0.6 is 0 Å². The van der Waals surface area contributed by atoms with Crippen molar-refractivity contribution in [3.63, 3.8) is 0 Å². The maximum Gasteiger partial charge on any atom is 0.0636 e. The average molecular weight is 212 g/mol. The lowest BCUT2D eigenvalue weighted by Crippen LogP contribution is -2.54. The fourth-order valence-corrected chi connectivity index (χ4v) is 2.72. The van der Waals surface area contributed by atoms with Crippen LogP contribution in [0.3, 0.4) is 0 Å². The van der Waals surface area contributed by atoms with E-state index in [4.69, 9.17) is 10.5 Å². The molecule has 0 bridgehead atoms. The molecule has 0 aromatic rings. The zero-order valence-electron chi connectivity index (χ0n) is 9.66. The SMILES string of the molecule is NC1CCOCC1N1CCCCCCC1. The molecule has 2 rings (SSSR count). The number of nitrogens with zero attached hydrogens (tertiary/aromatic N) is 1. The lowest BCUT2D eigenvalue weighted by Gasteiger charge is -2.38. The zero-order valence-corrected chi connectivity index (χ0v) is 9.66. The number of nitrogens with two attached hydrogens (primary N) is 1. The smallest absolute Gasteiger partial charge is 0.0636 e. The number of rotatable bonds is 1. The van der Waals surface area contributed by atoms with E-state index in [0.717, 1.165) is 19.6 Å². The van der Waals surface area contributed by atoms with E-state index in [2.05, 4.69) is 4.90 Å². The second-order valence-electron chi connectivity index (χ2n) is 4.90. The Kier molecular flexibility index (Phi) is 4.42. The topological polar surface area (TPSA) is 38.5 Å². The molecule has 0 saturated carbocycles. The third-order valence-corrected chi connectivity index (χ3v) is 3.74. The highest BCUT2D eigenvalue weighted by molar-refractivity contribution is 4.85. The average Bonchev–Trinajstić information content (AvgIpc) is 2.19. The Morgan fingerprint density at radius 2 is 1.67 bits per heavy atom. The molecule has 2 aliphatic heterocycles. The molecule has 2 aliphatic rings. The van der Waals surface area contributed by atoms with Crippen LogP contribution in [0, 0.1) is 0 Å². The van der Waals surface area contributed by atoms with Gasteiger partial charge in [0.2, 0.25) is 0 Å². The Bertz CT molecular complexity index is 178. The minimum absolute atomic E-state index is 0.332. The normalized spacial score (nSPS) is 35.8. The Balaban J connectivity index is 1.87. The highest BCUT2D eigenvalue weighted by Crippen LogP contribution is 2.17. The summed E-state index contributed by atoms with van der Waals surface area (Å²) in [7, 11) is 0.